The Balaban J connectivity index is 1.92. The molecule has 0 amide bonds. The Bertz CT molecular complexity index is 179. The maximum Gasteiger partial charge on any atom is 0.0698 e. The molecule has 0 spiro atoms. The van der Waals surface area contributed by atoms with Gasteiger partial charge in [-0.25, -0.2) is 0 Å². The van der Waals surface area contributed by atoms with E-state index in [0.717, 1.165) is 24.9 Å². The Kier molecular flexibility index (Phi) is 9.54. The summed E-state index contributed by atoms with van der Waals surface area (Å²) in [6.07, 6.45) is 9.88. The van der Waals surface area contributed by atoms with E-state index in [2.05, 4.69) is 12.2 Å². The molecule has 3 heteroatoms. The highest BCUT2D eigenvalue weighted by Crippen LogP contribution is 2.31. The molecule has 1 fully saturated rings. The molecule has 0 aliphatic heterocycles. The largest absolute Gasteiger partial charge is 0.394 e. The zero-order valence-electron chi connectivity index (χ0n) is 12.0. The number of aliphatic hydroxyl groups excluding tert-OH is 1. The van der Waals surface area contributed by atoms with Gasteiger partial charge in [-0.05, 0) is 31.2 Å². The second-order valence-electron chi connectivity index (χ2n) is 5.57. The quantitative estimate of drug-likeness (QED) is 0.591. The molecule has 1 rings (SSSR count). The van der Waals surface area contributed by atoms with Crippen LogP contribution in [0.2, 0.25) is 0 Å². The van der Waals surface area contributed by atoms with E-state index in [0.29, 0.717) is 13.2 Å². The SMILES string of the molecule is CCCCC1CCC(CNCCOCCO)CC1. The van der Waals surface area contributed by atoms with Gasteiger partial charge in [0.2, 0.25) is 0 Å². The lowest BCUT2D eigenvalue weighted by Crippen LogP contribution is -2.29. The van der Waals surface area contributed by atoms with Crippen molar-refractivity contribution in [1.82, 2.24) is 5.32 Å². The molecule has 0 bridgehead atoms. The minimum atomic E-state index is 0.127. The lowest BCUT2D eigenvalue weighted by molar-refractivity contribution is 0.0930. The first kappa shape index (κ1) is 15.9. The number of hydrogen-bond acceptors (Lipinski definition) is 3. The average Bonchev–Trinajstić information content (AvgIpc) is 2.42. The van der Waals surface area contributed by atoms with Gasteiger partial charge in [0, 0.05) is 6.54 Å². The molecular formula is C15H31NO2. The van der Waals surface area contributed by atoms with Crippen LogP contribution in [0.4, 0.5) is 0 Å². The third kappa shape index (κ3) is 7.34. The van der Waals surface area contributed by atoms with Gasteiger partial charge in [-0.2, -0.15) is 0 Å². The van der Waals surface area contributed by atoms with Crippen LogP contribution in [-0.4, -0.2) is 38.0 Å². The van der Waals surface area contributed by atoms with Gasteiger partial charge in [0.05, 0.1) is 19.8 Å². The van der Waals surface area contributed by atoms with Gasteiger partial charge >= 0.3 is 0 Å². The van der Waals surface area contributed by atoms with Gasteiger partial charge < -0.3 is 15.2 Å². The summed E-state index contributed by atoms with van der Waals surface area (Å²) in [5, 5.41) is 12.0. The number of unbranched alkanes of at least 4 members (excludes halogenated alkanes) is 1. The van der Waals surface area contributed by atoms with Crippen LogP contribution in [0.15, 0.2) is 0 Å². The number of aliphatic hydroxyl groups is 1. The summed E-state index contributed by atoms with van der Waals surface area (Å²) >= 11 is 0. The second kappa shape index (κ2) is 10.8. The van der Waals surface area contributed by atoms with Crippen molar-refractivity contribution in [3.63, 3.8) is 0 Å². The Labute approximate surface area is 112 Å². The molecular weight excluding hydrogens is 226 g/mol. The molecule has 0 atom stereocenters. The van der Waals surface area contributed by atoms with Crippen LogP contribution in [-0.2, 0) is 4.74 Å². The summed E-state index contributed by atoms with van der Waals surface area (Å²) in [7, 11) is 0. The van der Waals surface area contributed by atoms with E-state index in [-0.39, 0.29) is 6.61 Å². The molecule has 0 radical (unpaired) electrons. The lowest BCUT2D eigenvalue weighted by Gasteiger charge is -2.28. The summed E-state index contributed by atoms with van der Waals surface area (Å²) in [5.74, 6) is 1.88. The molecule has 3 nitrogen and oxygen atoms in total. The number of ether oxygens (including phenoxy) is 1. The fourth-order valence-electron chi connectivity index (χ4n) is 2.83. The molecule has 0 aromatic rings. The minimum Gasteiger partial charge on any atom is -0.394 e. The van der Waals surface area contributed by atoms with Crippen molar-refractivity contribution in [2.45, 2.75) is 51.9 Å². The Hall–Kier alpha value is -0.120. The van der Waals surface area contributed by atoms with Gasteiger partial charge in [0.1, 0.15) is 0 Å². The molecule has 0 unspecified atom stereocenters. The molecule has 2 N–H and O–H groups in total. The maximum absolute atomic E-state index is 8.57. The predicted molar refractivity (Wildman–Crippen MR) is 75.7 cm³/mol. The van der Waals surface area contributed by atoms with E-state index in [4.69, 9.17) is 9.84 Å². The number of hydrogen-bond donors (Lipinski definition) is 2. The summed E-state index contributed by atoms with van der Waals surface area (Å²) in [6.45, 7) is 5.64. The van der Waals surface area contributed by atoms with Crippen molar-refractivity contribution >= 4 is 0 Å². The molecule has 0 aromatic carbocycles. The monoisotopic (exact) mass is 257 g/mol. The zero-order valence-corrected chi connectivity index (χ0v) is 12.0. The van der Waals surface area contributed by atoms with Crippen LogP contribution >= 0.6 is 0 Å². The van der Waals surface area contributed by atoms with Crippen LogP contribution < -0.4 is 5.32 Å². The van der Waals surface area contributed by atoms with E-state index in [9.17, 15) is 0 Å². The normalized spacial score (nSPS) is 24.3. The molecule has 108 valence electrons. The van der Waals surface area contributed by atoms with E-state index in [1.165, 1.54) is 44.9 Å². The molecule has 0 saturated heterocycles. The Morgan fingerprint density at radius 1 is 1.11 bits per heavy atom. The highest BCUT2D eigenvalue weighted by Gasteiger charge is 2.20. The summed E-state index contributed by atoms with van der Waals surface area (Å²) in [6, 6.07) is 0. The number of rotatable bonds is 10. The minimum absolute atomic E-state index is 0.127. The zero-order chi connectivity index (χ0) is 13.1. The second-order valence-corrected chi connectivity index (χ2v) is 5.57. The summed E-state index contributed by atoms with van der Waals surface area (Å²) < 4.78 is 5.22. The first-order chi connectivity index (χ1) is 8.86. The van der Waals surface area contributed by atoms with Crippen LogP contribution in [0.3, 0.4) is 0 Å². The standard InChI is InChI=1S/C15H31NO2/c1-2-3-4-14-5-7-15(8-6-14)13-16-9-11-18-12-10-17/h14-17H,2-13H2,1H3. The molecule has 18 heavy (non-hydrogen) atoms. The Morgan fingerprint density at radius 3 is 2.50 bits per heavy atom. The highest BCUT2D eigenvalue weighted by atomic mass is 16.5. The summed E-state index contributed by atoms with van der Waals surface area (Å²) in [4.78, 5) is 0. The maximum atomic E-state index is 8.57. The van der Waals surface area contributed by atoms with Gasteiger partial charge in [-0.15, -0.1) is 0 Å². The van der Waals surface area contributed by atoms with E-state index < -0.39 is 0 Å². The van der Waals surface area contributed by atoms with Crippen LogP contribution in [0.25, 0.3) is 0 Å². The lowest BCUT2D eigenvalue weighted by atomic mass is 9.80. The van der Waals surface area contributed by atoms with E-state index >= 15 is 0 Å². The van der Waals surface area contributed by atoms with Crippen molar-refractivity contribution in [1.29, 1.82) is 0 Å². The molecule has 1 aliphatic rings. The van der Waals surface area contributed by atoms with Crippen LogP contribution in [0, 0.1) is 11.8 Å². The van der Waals surface area contributed by atoms with Crippen molar-refractivity contribution in [2.24, 2.45) is 11.8 Å². The van der Waals surface area contributed by atoms with Gasteiger partial charge in [0.25, 0.3) is 0 Å². The fraction of sp³-hybridized carbons (Fsp3) is 1.00. The van der Waals surface area contributed by atoms with Crippen molar-refractivity contribution in [3.05, 3.63) is 0 Å². The third-order valence-corrected chi connectivity index (χ3v) is 4.02. The predicted octanol–water partition coefficient (Wildman–Crippen LogP) is 2.58. The van der Waals surface area contributed by atoms with Crippen molar-refractivity contribution in [2.75, 3.05) is 32.9 Å². The first-order valence-electron chi connectivity index (χ1n) is 7.76. The molecule has 1 saturated carbocycles. The van der Waals surface area contributed by atoms with Gasteiger partial charge in [0.15, 0.2) is 0 Å². The fourth-order valence-corrected chi connectivity index (χ4v) is 2.83. The van der Waals surface area contributed by atoms with Gasteiger partial charge in [-0.1, -0.05) is 39.0 Å². The Morgan fingerprint density at radius 2 is 1.83 bits per heavy atom. The van der Waals surface area contributed by atoms with E-state index in [1.54, 1.807) is 0 Å². The molecule has 0 aromatic heterocycles. The van der Waals surface area contributed by atoms with Crippen molar-refractivity contribution < 1.29 is 9.84 Å². The first-order valence-corrected chi connectivity index (χ1v) is 7.76. The van der Waals surface area contributed by atoms with Crippen LogP contribution in [0.5, 0.6) is 0 Å². The topological polar surface area (TPSA) is 41.5 Å². The number of nitrogens with one attached hydrogen (secondary N) is 1. The van der Waals surface area contributed by atoms with Crippen LogP contribution in [0.1, 0.15) is 51.9 Å². The molecule has 1 aliphatic carbocycles. The molecule has 0 heterocycles. The van der Waals surface area contributed by atoms with E-state index in [1.807, 2.05) is 0 Å². The smallest absolute Gasteiger partial charge is 0.0698 e. The van der Waals surface area contributed by atoms with Crippen molar-refractivity contribution in [3.8, 4) is 0 Å². The third-order valence-electron chi connectivity index (χ3n) is 4.02. The average molecular weight is 257 g/mol. The summed E-state index contributed by atoms with van der Waals surface area (Å²) in [5.41, 5.74) is 0. The highest BCUT2D eigenvalue weighted by molar-refractivity contribution is 4.74. The van der Waals surface area contributed by atoms with Gasteiger partial charge in [-0.3, -0.25) is 0 Å².